The molecule has 2 N–H and O–H groups in total. The van der Waals surface area contributed by atoms with Crippen molar-refractivity contribution < 1.29 is 19.2 Å². The molecule has 0 aromatic heterocycles. The third-order valence-corrected chi connectivity index (χ3v) is 5.04. The average Bonchev–Trinajstić information content (AvgIpc) is 2.80. The number of amides is 2. The standard InChI is InChI=1S/C22H17IN4O5/c23-19-6-1-2-7-20(19)25-21(28)14-32-18-10-8-15(9-11-18)13-24-26-22(29)16-4-3-5-17(12-16)27(30)31/h1-13H,14H2,(H,25,28)(H,26,29)/b24-13-. The molecule has 0 saturated carbocycles. The topological polar surface area (TPSA) is 123 Å². The van der Waals surface area contributed by atoms with E-state index >= 15 is 0 Å². The lowest BCUT2D eigenvalue weighted by Crippen LogP contribution is -2.20. The molecule has 0 aliphatic carbocycles. The number of ether oxygens (including phenoxy) is 1. The van der Waals surface area contributed by atoms with Crippen molar-refractivity contribution in [3.8, 4) is 5.75 Å². The molecule has 3 rings (SSSR count). The number of carbonyl (C=O) groups is 2. The second-order valence-corrected chi connectivity index (χ2v) is 7.55. The Hall–Kier alpha value is -3.80. The molecule has 0 fully saturated rings. The van der Waals surface area contributed by atoms with Crippen LogP contribution >= 0.6 is 22.6 Å². The largest absolute Gasteiger partial charge is 0.484 e. The van der Waals surface area contributed by atoms with Gasteiger partial charge in [0.05, 0.1) is 16.8 Å². The first-order valence-electron chi connectivity index (χ1n) is 9.27. The lowest BCUT2D eigenvalue weighted by Gasteiger charge is -2.09. The van der Waals surface area contributed by atoms with E-state index in [0.29, 0.717) is 11.3 Å². The van der Waals surface area contributed by atoms with Gasteiger partial charge < -0.3 is 10.1 Å². The quantitative estimate of drug-likeness (QED) is 0.192. The summed E-state index contributed by atoms with van der Waals surface area (Å²) in [4.78, 5) is 34.3. The van der Waals surface area contributed by atoms with Crippen molar-refractivity contribution in [1.29, 1.82) is 0 Å². The molecule has 0 spiro atoms. The molecule has 3 aromatic rings. The van der Waals surface area contributed by atoms with Gasteiger partial charge in [-0.1, -0.05) is 18.2 Å². The lowest BCUT2D eigenvalue weighted by molar-refractivity contribution is -0.384. The van der Waals surface area contributed by atoms with Gasteiger partial charge in [-0.3, -0.25) is 19.7 Å². The summed E-state index contributed by atoms with van der Waals surface area (Å²) in [6.45, 7) is -0.141. The van der Waals surface area contributed by atoms with Crippen LogP contribution in [-0.4, -0.2) is 29.6 Å². The number of hydrogen-bond acceptors (Lipinski definition) is 6. The Balaban J connectivity index is 1.49. The highest BCUT2D eigenvalue weighted by Crippen LogP contribution is 2.17. The predicted octanol–water partition coefficient (Wildman–Crippen LogP) is 3.98. The maximum atomic E-state index is 12.1. The maximum Gasteiger partial charge on any atom is 0.271 e. The third-order valence-electron chi connectivity index (χ3n) is 4.10. The van der Waals surface area contributed by atoms with E-state index in [0.717, 1.165) is 9.26 Å². The minimum absolute atomic E-state index is 0.128. The van der Waals surface area contributed by atoms with Crippen LogP contribution in [0.25, 0.3) is 0 Å². The van der Waals surface area contributed by atoms with E-state index in [9.17, 15) is 19.7 Å². The molecule has 10 heteroatoms. The molecule has 9 nitrogen and oxygen atoms in total. The first-order chi connectivity index (χ1) is 15.4. The zero-order valence-corrected chi connectivity index (χ0v) is 18.7. The fourth-order valence-electron chi connectivity index (χ4n) is 2.54. The van der Waals surface area contributed by atoms with E-state index in [4.69, 9.17) is 4.74 Å². The van der Waals surface area contributed by atoms with Crippen LogP contribution in [0.2, 0.25) is 0 Å². The molecule has 0 bridgehead atoms. The monoisotopic (exact) mass is 544 g/mol. The van der Waals surface area contributed by atoms with E-state index in [1.54, 1.807) is 24.3 Å². The number of benzene rings is 3. The minimum Gasteiger partial charge on any atom is -0.484 e. The minimum atomic E-state index is -0.574. The summed E-state index contributed by atoms with van der Waals surface area (Å²) in [6.07, 6.45) is 1.42. The summed E-state index contributed by atoms with van der Waals surface area (Å²) in [6, 6.07) is 19.5. The van der Waals surface area contributed by atoms with Gasteiger partial charge in [-0.2, -0.15) is 5.10 Å². The number of nitrogens with zero attached hydrogens (tertiary/aromatic N) is 2. The molecule has 0 unspecified atom stereocenters. The highest BCUT2D eigenvalue weighted by Gasteiger charge is 2.10. The Bertz CT molecular complexity index is 1160. The number of hydrogen-bond donors (Lipinski definition) is 2. The van der Waals surface area contributed by atoms with Crippen molar-refractivity contribution in [3.63, 3.8) is 0 Å². The van der Waals surface area contributed by atoms with Gasteiger partial charge in [0.15, 0.2) is 6.61 Å². The Morgan fingerprint density at radius 1 is 1.06 bits per heavy atom. The van der Waals surface area contributed by atoms with Crippen LogP contribution in [-0.2, 0) is 4.79 Å². The predicted molar refractivity (Wildman–Crippen MR) is 128 cm³/mol. The Labute approximate surface area is 196 Å². The second kappa shape index (κ2) is 11.0. The zero-order valence-electron chi connectivity index (χ0n) is 16.5. The molecule has 2 amide bonds. The highest BCUT2D eigenvalue weighted by atomic mass is 127. The van der Waals surface area contributed by atoms with Crippen molar-refractivity contribution in [2.45, 2.75) is 0 Å². The van der Waals surface area contributed by atoms with Crippen molar-refractivity contribution >= 4 is 52.0 Å². The fraction of sp³-hybridized carbons (Fsp3) is 0.0455. The third kappa shape index (κ3) is 6.60. The number of hydrazone groups is 1. The zero-order chi connectivity index (χ0) is 22.9. The molecule has 162 valence electrons. The summed E-state index contributed by atoms with van der Waals surface area (Å²) < 4.78 is 6.41. The number of non-ortho nitro benzene ring substituents is 1. The number of nitro benzene ring substituents is 1. The highest BCUT2D eigenvalue weighted by molar-refractivity contribution is 14.1. The molecule has 32 heavy (non-hydrogen) atoms. The number of nitro groups is 1. The molecule has 0 atom stereocenters. The molecular weight excluding hydrogens is 527 g/mol. The average molecular weight is 544 g/mol. The molecular formula is C22H17IN4O5. The van der Waals surface area contributed by atoms with Crippen LogP contribution in [0.4, 0.5) is 11.4 Å². The van der Waals surface area contributed by atoms with E-state index in [1.165, 1.54) is 30.5 Å². The summed E-state index contributed by atoms with van der Waals surface area (Å²) in [5.41, 5.74) is 3.67. The summed E-state index contributed by atoms with van der Waals surface area (Å²) in [7, 11) is 0. The molecule has 0 saturated heterocycles. The van der Waals surface area contributed by atoms with E-state index < -0.39 is 10.8 Å². The summed E-state index contributed by atoms with van der Waals surface area (Å²) in [5.74, 6) is -0.340. The van der Waals surface area contributed by atoms with Gasteiger partial charge in [0.25, 0.3) is 17.5 Å². The van der Waals surface area contributed by atoms with E-state index in [-0.39, 0.29) is 23.8 Å². The van der Waals surface area contributed by atoms with Crippen molar-refractivity contribution in [3.05, 3.63) is 97.6 Å². The maximum absolute atomic E-state index is 12.1. The van der Waals surface area contributed by atoms with Gasteiger partial charge in [-0.15, -0.1) is 0 Å². The number of para-hydroxylation sites is 1. The van der Waals surface area contributed by atoms with Crippen molar-refractivity contribution in [2.75, 3.05) is 11.9 Å². The molecule has 0 aliphatic rings. The van der Waals surface area contributed by atoms with Crippen LogP contribution in [0.5, 0.6) is 5.75 Å². The fourth-order valence-corrected chi connectivity index (χ4v) is 3.06. The summed E-state index contributed by atoms with van der Waals surface area (Å²) in [5, 5.41) is 17.4. The van der Waals surface area contributed by atoms with Gasteiger partial charge in [-0.05, 0) is 70.6 Å². The Morgan fingerprint density at radius 3 is 2.53 bits per heavy atom. The van der Waals surface area contributed by atoms with E-state index in [1.807, 2.05) is 24.3 Å². The van der Waals surface area contributed by atoms with Gasteiger partial charge in [0, 0.05) is 21.3 Å². The SMILES string of the molecule is O=C(COc1ccc(/C=N\NC(=O)c2cccc([N+](=O)[O-])c2)cc1)Nc1ccccc1I. The van der Waals surface area contributed by atoms with Crippen molar-refractivity contribution in [2.24, 2.45) is 5.10 Å². The van der Waals surface area contributed by atoms with Crippen molar-refractivity contribution in [1.82, 2.24) is 5.43 Å². The van der Waals surface area contributed by atoms with E-state index in [2.05, 4.69) is 38.4 Å². The molecule has 3 aromatic carbocycles. The first kappa shape index (κ1) is 22.9. The van der Waals surface area contributed by atoms with Crippen LogP contribution < -0.4 is 15.5 Å². The second-order valence-electron chi connectivity index (χ2n) is 6.39. The number of carbonyl (C=O) groups excluding carboxylic acids is 2. The van der Waals surface area contributed by atoms with Crippen LogP contribution in [0.1, 0.15) is 15.9 Å². The normalized spacial score (nSPS) is 10.5. The van der Waals surface area contributed by atoms with Gasteiger partial charge in [0.1, 0.15) is 5.75 Å². The number of nitrogens with one attached hydrogen (secondary N) is 2. The van der Waals surface area contributed by atoms with Crippen LogP contribution in [0, 0.1) is 13.7 Å². The summed E-state index contributed by atoms with van der Waals surface area (Å²) >= 11 is 2.14. The lowest BCUT2D eigenvalue weighted by atomic mass is 10.2. The first-order valence-corrected chi connectivity index (χ1v) is 10.4. The number of halogens is 1. The molecule has 0 heterocycles. The number of rotatable bonds is 8. The van der Waals surface area contributed by atoms with Crippen LogP contribution in [0.3, 0.4) is 0 Å². The molecule has 0 radical (unpaired) electrons. The number of anilines is 1. The van der Waals surface area contributed by atoms with Gasteiger partial charge >= 0.3 is 0 Å². The van der Waals surface area contributed by atoms with Crippen LogP contribution in [0.15, 0.2) is 77.9 Å². The molecule has 0 aliphatic heterocycles. The Kier molecular flexibility index (Phi) is 7.86. The Morgan fingerprint density at radius 2 is 1.81 bits per heavy atom. The van der Waals surface area contributed by atoms with Gasteiger partial charge in [0.2, 0.25) is 0 Å². The van der Waals surface area contributed by atoms with Gasteiger partial charge in [-0.25, -0.2) is 5.43 Å². The smallest absolute Gasteiger partial charge is 0.271 e.